The van der Waals surface area contributed by atoms with E-state index in [1.807, 2.05) is 0 Å². The molecule has 0 radical (unpaired) electrons. The predicted octanol–water partition coefficient (Wildman–Crippen LogP) is 4.65. The number of rotatable bonds is 3. The molecule has 3 rings (SSSR count). The van der Waals surface area contributed by atoms with Crippen molar-refractivity contribution in [3.63, 3.8) is 0 Å². The highest BCUT2D eigenvalue weighted by Gasteiger charge is 2.21. The molecule has 1 saturated carbocycles. The zero-order chi connectivity index (χ0) is 12.4. The number of hydrogen-bond acceptors (Lipinski definition) is 1. The zero-order valence-electron chi connectivity index (χ0n) is 10.9. The van der Waals surface area contributed by atoms with Crippen LogP contribution in [-0.2, 0) is 0 Å². The lowest BCUT2D eigenvalue weighted by molar-refractivity contribution is 0.249. The SMILES string of the molecule is CC1CCC(COc2ccc3ccccc3c2)C1. The van der Waals surface area contributed by atoms with Gasteiger partial charge in [-0.1, -0.05) is 43.7 Å². The van der Waals surface area contributed by atoms with E-state index in [-0.39, 0.29) is 0 Å². The van der Waals surface area contributed by atoms with Crippen LogP contribution >= 0.6 is 0 Å². The fourth-order valence-corrected chi connectivity index (χ4v) is 2.95. The molecule has 0 saturated heterocycles. The van der Waals surface area contributed by atoms with Crippen molar-refractivity contribution in [2.45, 2.75) is 26.2 Å². The van der Waals surface area contributed by atoms with E-state index in [0.717, 1.165) is 24.2 Å². The molecule has 2 atom stereocenters. The summed E-state index contributed by atoms with van der Waals surface area (Å²) in [6.07, 6.45) is 4.02. The molecule has 1 nitrogen and oxygen atoms in total. The van der Waals surface area contributed by atoms with E-state index in [4.69, 9.17) is 4.74 Å². The molecule has 1 fully saturated rings. The first-order chi connectivity index (χ1) is 8.81. The number of fused-ring (bicyclic) bond motifs is 1. The van der Waals surface area contributed by atoms with Crippen molar-refractivity contribution >= 4 is 10.8 Å². The zero-order valence-corrected chi connectivity index (χ0v) is 10.9. The van der Waals surface area contributed by atoms with E-state index in [1.165, 1.54) is 30.0 Å². The van der Waals surface area contributed by atoms with Crippen molar-refractivity contribution in [1.29, 1.82) is 0 Å². The van der Waals surface area contributed by atoms with E-state index in [9.17, 15) is 0 Å². The van der Waals surface area contributed by atoms with Crippen LogP contribution < -0.4 is 4.74 Å². The van der Waals surface area contributed by atoms with Crippen LogP contribution in [0.5, 0.6) is 5.75 Å². The van der Waals surface area contributed by atoms with E-state index < -0.39 is 0 Å². The van der Waals surface area contributed by atoms with Gasteiger partial charge in [-0.2, -0.15) is 0 Å². The minimum atomic E-state index is 0.756. The van der Waals surface area contributed by atoms with Crippen molar-refractivity contribution in [1.82, 2.24) is 0 Å². The molecular weight excluding hydrogens is 220 g/mol. The Morgan fingerprint density at radius 3 is 2.67 bits per heavy atom. The Balaban J connectivity index is 1.67. The van der Waals surface area contributed by atoms with Gasteiger partial charge in [-0.15, -0.1) is 0 Å². The van der Waals surface area contributed by atoms with Crippen molar-refractivity contribution < 1.29 is 4.74 Å². The van der Waals surface area contributed by atoms with E-state index >= 15 is 0 Å². The van der Waals surface area contributed by atoms with Crippen LogP contribution in [0.2, 0.25) is 0 Å². The van der Waals surface area contributed by atoms with Crippen molar-refractivity contribution in [3.8, 4) is 5.75 Å². The summed E-state index contributed by atoms with van der Waals surface area (Å²) in [4.78, 5) is 0. The summed E-state index contributed by atoms with van der Waals surface area (Å²) < 4.78 is 5.95. The molecule has 2 aromatic carbocycles. The van der Waals surface area contributed by atoms with Crippen molar-refractivity contribution in [2.75, 3.05) is 6.61 Å². The molecule has 0 aromatic heterocycles. The van der Waals surface area contributed by atoms with E-state index in [0.29, 0.717) is 0 Å². The second kappa shape index (κ2) is 5.01. The van der Waals surface area contributed by atoms with E-state index in [1.54, 1.807) is 0 Å². The predicted molar refractivity (Wildman–Crippen MR) is 75.9 cm³/mol. The molecule has 0 spiro atoms. The molecule has 18 heavy (non-hydrogen) atoms. The van der Waals surface area contributed by atoms with Gasteiger partial charge in [0, 0.05) is 0 Å². The minimum Gasteiger partial charge on any atom is -0.493 e. The lowest BCUT2D eigenvalue weighted by Crippen LogP contribution is -2.08. The van der Waals surface area contributed by atoms with Crippen LogP contribution in [0.3, 0.4) is 0 Å². The average molecular weight is 240 g/mol. The Morgan fingerprint density at radius 2 is 1.89 bits per heavy atom. The van der Waals surface area contributed by atoms with Crippen LogP contribution in [0, 0.1) is 11.8 Å². The molecule has 2 unspecified atom stereocenters. The Hall–Kier alpha value is -1.50. The number of hydrogen-bond donors (Lipinski definition) is 0. The lowest BCUT2D eigenvalue weighted by Gasteiger charge is -2.12. The average Bonchev–Trinajstić information content (AvgIpc) is 2.82. The quantitative estimate of drug-likeness (QED) is 0.758. The summed E-state index contributed by atoms with van der Waals surface area (Å²) in [5, 5.41) is 2.54. The molecule has 0 amide bonds. The Bertz CT molecular complexity index is 532. The second-order valence-electron chi connectivity index (χ2n) is 5.60. The van der Waals surface area contributed by atoms with Crippen LogP contribution in [0.25, 0.3) is 10.8 Å². The first-order valence-electron chi connectivity index (χ1n) is 6.93. The summed E-state index contributed by atoms with van der Waals surface area (Å²) in [5.41, 5.74) is 0. The van der Waals surface area contributed by atoms with Crippen LogP contribution in [0.15, 0.2) is 42.5 Å². The third-order valence-electron chi connectivity index (χ3n) is 4.01. The van der Waals surface area contributed by atoms with Gasteiger partial charge in [0.25, 0.3) is 0 Å². The van der Waals surface area contributed by atoms with Gasteiger partial charge >= 0.3 is 0 Å². The molecule has 94 valence electrons. The topological polar surface area (TPSA) is 9.23 Å². The third-order valence-corrected chi connectivity index (χ3v) is 4.01. The summed E-state index contributed by atoms with van der Waals surface area (Å²) >= 11 is 0. The normalized spacial score (nSPS) is 23.4. The Labute approximate surface area is 109 Å². The summed E-state index contributed by atoms with van der Waals surface area (Å²) in [5.74, 6) is 2.65. The van der Waals surface area contributed by atoms with Crippen LogP contribution in [0.4, 0.5) is 0 Å². The standard InChI is InChI=1S/C17H20O/c1-13-6-7-14(10-13)12-18-17-9-8-15-4-2-3-5-16(15)11-17/h2-5,8-9,11,13-14H,6-7,10,12H2,1H3. The molecule has 0 bridgehead atoms. The monoisotopic (exact) mass is 240 g/mol. The van der Waals surface area contributed by atoms with Gasteiger partial charge in [-0.05, 0) is 47.6 Å². The van der Waals surface area contributed by atoms with Gasteiger partial charge in [-0.25, -0.2) is 0 Å². The van der Waals surface area contributed by atoms with Gasteiger partial charge < -0.3 is 4.74 Å². The highest BCUT2D eigenvalue weighted by atomic mass is 16.5. The van der Waals surface area contributed by atoms with Crippen LogP contribution in [0.1, 0.15) is 26.2 Å². The fraction of sp³-hybridized carbons (Fsp3) is 0.412. The van der Waals surface area contributed by atoms with Gasteiger partial charge in [0.05, 0.1) is 6.61 Å². The molecule has 0 N–H and O–H groups in total. The maximum Gasteiger partial charge on any atom is 0.119 e. The summed E-state index contributed by atoms with van der Waals surface area (Å²) in [7, 11) is 0. The van der Waals surface area contributed by atoms with Gasteiger partial charge in [0.15, 0.2) is 0 Å². The smallest absolute Gasteiger partial charge is 0.119 e. The van der Waals surface area contributed by atoms with Gasteiger partial charge in [0.2, 0.25) is 0 Å². The lowest BCUT2D eigenvalue weighted by atomic mass is 10.1. The summed E-state index contributed by atoms with van der Waals surface area (Å²) in [6.45, 7) is 3.22. The van der Waals surface area contributed by atoms with Crippen molar-refractivity contribution in [2.24, 2.45) is 11.8 Å². The molecule has 0 heterocycles. The molecule has 1 heteroatoms. The van der Waals surface area contributed by atoms with Gasteiger partial charge in [-0.3, -0.25) is 0 Å². The maximum atomic E-state index is 5.95. The Morgan fingerprint density at radius 1 is 1.06 bits per heavy atom. The highest BCUT2D eigenvalue weighted by Crippen LogP contribution is 2.31. The molecule has 0 aliphatic heterocycles. The largest absolute Gasteiger partial charge is 0.493 e. The fourth-order valence-electron chi connectivity index (χ4n) is 2.95. The maximum absolute atomic E-state index is 5.95. The third kappa shape index (κ3) is 2.50. The minimum absolute atomic E-state index is 0.756. The first-order valence-corrected chi connectivity index (χ1v) is 6.93. The number of benzene rings is 2. The number of ether oxygens (including phenoxy) is 1. The molecular formula is C17H20O. The Kier molecular flexibility index (Phi) is 3.22. The highest BCUT2D eigenvalue weighted by molar-refractivity contribution is 5.83. The summed E-state index contributed by atoms with van der Waals surface area (Å²) in [6, 6.07) is 14.8. The van der Waals surface area contributed by atoms with E-state index in [2.05, 4.69) is 49.4 Å². The van der Waals surface area contributed by atoms with Crippen LogP contribution in [-0.4, -0.2) is 6.61 Å². The molecule has 1 aliphatic carbocycles. The second-order valence-corrected chi connectivity index (χ2v) is 5.60. The van der Waals surface area contributed by atoms with Crippen molar-refractivity contribution in [3.05, 3.63) is 42.5 Å². The van der Waals surface area contributed by atoms with Gasteiger partial charge in [0.1, 0.15) is 5.75 Å². The molecule has 2 aromatic rings. The molecule has 1 aliphatic rings. The first kappa shape index (κ1) is 11.6.